The molecule has 3 aromatic carbocycles. The molecule has 3 aromatic rings. The molecule has 1 aliphatic heterocycles. The van der Waals surface area contributed by atoms with Crippen LogP contribution in [-0.2, 0) is 42.6 Å². The Morgan fingerprint density at radius 2 is 1.07 bits per heavy atom. The average molecular weight is 639 g/mol. The summed E-state index contributed by atoms with van der Waals surface area (Å²) in [6.07, 6.45) is 0. The molecular formula is C32H34N2O12+2. The third-order valence-electron chi connectivity index (χ3n) is 7.83. The molecule has 0 saturated carbocycles. The Bertz CT molecular complexity index is 1610. The van der Waals surface area contributed by atoms with Crippen LogP contribution in [0.5, 0.6) is 11.5 Å². The number of aryl methyl sites for hydroxylation is 2. The van der Waals surface area contributed by atoms with Crippen LogP contribution in [0.25, 0.3) is 0 Å². The van der Waals surface area contributed by atoms with E-state index in [9.17, 15) is 54.6 Å². The number of benzene rings is 3. The van der Waals surface area contributed by atoms with E-state index >= 15 is 0 Å². The van der Waals surface area contributed by atoms with Gasteiger partial charge in [-0.1, -0.05) is 18.2 Å². The summed E-state index contributed by atoms with van der Waals surface area (Å²) in [5, 5.41) is 59.5. The summed E-state index contributed by atoms with van der Waals surface area (Å²) in [5.41, 5.74) is 0.659. The van der Waals surface area contributed by atoms with Gasteiger partial charge in [-0.25, -0.2) is 24.0 Å². The van der Waals surface area contributed by atoms with Crippen LogP contribution in [0.4, 0.5) is 0 Å². The van der Waals surface area contributed by atoms with Crippen LogP contribution in [-0.4, -0.2) is 86.7 Å². The van der Waals surface area contributed by atoms with Crippen LogP contribution in [0, 0.1) is 13.8 Å². The third kappa shape index (κ3) is 6.92. The zero-order valence-electron chi connectivity index (χ0n) is 25.0. The lowest BCUT2D eigenvalue weighted by atomic mass is 9.77. The van der Waals surface area contributed by atoms with Gasteiger partial charge in [0, 0.05) is 27.8 Å². The number of carbonyl (C=O) groups is 5. The summed E-state index contributed by atoms with van der Waals surface area (Å²) >= 11 is 0. The molecule has 8 N–H and O–H groups in total. The Kier molecular flexibility index (Phi) is 9.63. The number of phenolic OH excluding ortho intramolecular Hbond substituents is 2. The van der Waals surface area contributed by atoms with Crippen LogP contribution in [0.1, 0.15) is 49.3 Å². The lowest BCUT2D eigenvalue weighted by Gasteiger charge is -2.32. The van der Waals surface area contributed by atoms with Crippen molar-refractivity contribution in [3.8, 4) is 11.5 Å². The molecule has 14 nitrogen and oxygen atoms in total. The van der Waals surface area contributed by atoms with E-state index in [1.165, 1.54) is 12.1 Å². The van der Waals surface area contributed by atoms with E-state index < -0.39 is 61.6 Å². The van der Waals surface area contributed by atoms with Gasteiger partial charge in [0.15, 0.2) is 31.8 Å². The average Bonchev–Trinajstić information content (AvgIpc) is 3.25. The molecule has 0 aliphatic carbocycles. The number of hydrogen-bond donors (Lipinski definition) is 8. The number of esters is 1. The fraction of sp³-hybridized carbons (Fsp3) is 0.281. The zero-order chi connectivity index (χ0) is 33.9. The smallest absolute Gasteiger partial charge is 0.359 e. The number of carboxylic acids is 4. The van der Waals surface area contributed by atoms with Gasteiger partial charge in [-0.15, -0.1) is 0 Å². The molecule has 0 fully saturated rings. The molecule has 0 amide bonds. The maximum absolute atomic E-state index is 13.4. The maximum atomic E-state index is 13.4. The predicted octanol–water partition coefficient (Wildman–Crippen LogP) is -0.715. The molecule has 0 spiro atoms. The second kappa shape index (κ2) is 13.3. The molecule has 1 heterocycles. The predicted molar refractivity (Wildman–Crippen MR) is 157 cm³/mol. The Hall–Kier alpha value is -5.47. The monoisotopic (exact) mass is 638 g/mol. The number of cyclic esters (lactones) is 1. The highest BCUT2D eigenvalue weighted by Crippen LogP contribution is 2.49. The van der Waals surface area contributed by atoms with Gasteiger partial charge in [0.1, 0.15) is 24.6 Å². The minimum absolute atomic E-state index is 0.118. The summed E-state index contributed by atoms with van der Waals surface area (Å²) in [4.78, 5) is 59.5. The van der Waals surface area contributed by atoms with Gasteiger partial charge in [0.25, 0.3) is 0 Å². The normalized spacial score (nSPS) is 13.4. The van der Waals surface area contributed by atoms with E-state index in [1.807, 2.05) is 0 Å². The molecule has 46 heavy (non-hydrogen) atoms. The first-order chi connectivity index (χ1) is 21.6. The summed E-state index contributed by atoms with van der Waals surface area (Å²) in [6.45, 7) is 0.557. The number of carbonyl (C=O) groups excluding carboxylic acids is 1. The van der Waals surface area contributed by atoms with E-state index in [4.69, 9.17) is 4.74 Å². The highest BCUT2D eigenvalue weighted by Gasteiger charge is 2.49. The van der Waals surface area contributed by atoms with E-state index in [0.29, 0.717) is 27.8 Å². The minimum Gasteiger partial charge on any atom is -0.507 e. The van der Waals surface area contributed by atoms with Crippen LogP contribution in [0.15, 0.2) is 48.5 Å². The van der Waals surface area contributed by atoms with Crippen molar-refractivity contribution in [3.05, 3.63) is 93.0 Å². The number of fused-ring (bicyclic) bond motifs is 1. The standard InChI is InChI=1S/C32H32N2O12/c1-17-7-21(9-19(29(17)43)11-33(13-25(35)36)14-26(37)38)32(24-6-4-3-5-23(24)31(45)46-32)22-8-18(2)30(44)20(10-22)12-34(15-27(39)40)16-28(41)42/h3-10,43-44H,11-16H2,1-2H3,(H,35,36)(H,37,38)(H,39,40)(H,41,42)/p+2. The number of rotatable bonds is 14. The third-order valence-corrected chi connectivity index (χ3v) is 7.83. The van der Waals surface area contributed by atoms with Crippen molar-refractivity contribution >= 4 is 29.8 Å². The van der Waals surface area contributed by atoms with E-state index in [2.05, 4.69) is 0 Å². The number of nitrogens with one attached hydrogen (secondary N) is 2. The Balaban J connectivity index is 1.96. The maximum Gasteiger partial charge on any atom is 0.359 e. The quantitative estimate of drug-likeness (QED) is 0.103. The highest BCUT2D eigenvalue weighted by molar-refractivity contribution is 5.96. The van der Waals surface area contributed by atoms with Gasteiger partial charge in [-0.05, 0) is 55.3 Å². The van der Waals surface area contributed by atoms with Crippen molar-refractivity contribution in [1.29, 1.82) is 0 Å². The van der Waals surface area contributed by atoms with Gasteiger partial charge in [-0.3, -0.25) is 0 Å². The van der Waals surface area contributed by atoms with Crippen LogP contribution < -0.4 is 9.80 Å². The van der Waals surface area contributed by atoms with Gasteiger partial charge in [-0.2, -0.15) is 0 Å². The fourth-order valence-corrected chi connectivity index (χ4v) is 5.96. The molecule has 14 heteroatoms. The molecule has 4 rings (SSSR count). The first kappa shape index (κ1) is 33.4. The molecule has 0 atom stereocenters. The minimum atomic E-state index is -1.69. The largest absolute Gasteiger partial charge is 0.507 e. The molecule has 0 radical (unpaired) electrons. The number of phenols is 2. The molecule has 0 aromatic heterocycles. The van der Waals surface area contributed by atoms with Crippen molar-refractivity contribution in [2.24, 2.45) is 0 Å². The Morgan fingerprint density at radius 1 is 0.674 bits per heavy atom. The Morgan fingerprint density at radius 3 is 1.46 bits per heavy atom. The fourth-order valence-electron chi connectivity index (χ4n) is 5.96. The van der Waals surface area contributed by atoms with Crippen LogP contribution in [0.2, 0.25) is 0 Å². The van der Waals surface area contributed by atoms with Crippen molar-refractivity contribution in [1.82, 2.24) is 0 Å². The van der Waals surface area contributed by atoms with Crippen molar-refractivity contribution in [3.63, 3.8) is 0 Å². The molecule has 0 unspecified atom stereocenters. The number of ether oxygens (including phenoxy) is 1. The topological polar surface area (TPSA) is 225 Å². The summed E-state index contributed by atoms with van der Waals surface area (Å²) < 4.78 is 6.17. The number of aromatic hydroxyl groups is 2. The number of hydrogen-bond acceptors (Lipinski definition) is 8. The van der Waals surface area contributed by atoms with Crippen molar-refractivity contribution in [2.45, 2.75) is 32.5 Å². The Labute approximate surface area is 262 Å². The SMILES string of the molecule is Cc1cc(C2(c3cc(C)c(O)c(C[NH+](CC(=O)O)CC(=O)O)c3)OC(=O)c3ccccc32)cc(C[NH+](CC(=O)O)CC(=O)O)c1O. The number of carboxylic acid groups (broad SMARTS) is 4. The second-order valence-corrected chi connectivity index (χ2v) is 11.4. The van der Waals surface area contributed by atoms with Gasteiger partial charge >= 0.3 is 29.8 Å². The summed E-state index contributed by atoms with van der Waals surface area (Å²) in [6, 6.07) is 12.8. The first-order valence-corrected chi connectivity index (χ1v) is 14.1. The van der Waals surface area contributed by atoms with Crippen LogP contribution >= 0.6 is 0 Å². The zero-order valence-corrected chi connectivity index (χ0v) is 25.0. The van der Waals surface area contributed by atoms with Crippen molar-refractivity contribution in [2.75, 3.05) is 26.2 Å². The number of aliphatic carboxylic acids is 4. The lowest BCUT2D eigenvalue weighted by Crippen LogP contribution is -3.12. The first-order valence-electron chi connectivity index (χ1n) is 14.1. The van der Waals surface area contributed by atoms with Crippen LogP contribution in [0.3, 0.4) is 0 Å². The lowest BCUT2D eigenvalue weighted by molar-refractivity contribution is -0.899. The summed E-state index contributed by atoms with van der Waals surface area (Å²) in [7, 11) is 0. The van der Waals surface area contributed by atoms with Crippen molar-refractivity contribution < 1.29 is 69.1 Å². The van der Waals surface area contributed by atoms with Gasteiger partial charge < -0.3 is 45.2 Å². The molecular weight excluding hydrogens is 604 g/mol. The second-order valence-electron chi connectivity index (χ2n) is 11.4. The van der Waals surface area contributed by atoms with E-state index in [1.54, 1.807) is 50.2 Å². The highest BCUT2D eigenvalue weighted by atomic mass is 16.6. The van der Waals surface area contributed by atoms with Gasteiger partial charge in [0.2, 0.25) is 0 Å². The molecule has 242 valence electrons. The van der Waals surface area contributed by atoms with Gasteiger partial charge in [0.05, 0.1) is 5.56 Å². The number of quaternary nitrogens is 2. The van der Waals surface area contributed by atoms with E-state index in [0.717, 1.165) is 0 Å². The molecule has 1 aliphatic rings. The molecule has 0 bridgehead atoms. The molecule has 0 saturated heterocycles. The van der Waals surface area contributed by atoms with E-state index in [-0.39, 0.29) is 51.1 Å². The summed E-state index contributed by atoms with van der Waals surface area (Å²) in [5.74, 6) is -6.05.